The third-order valence-electron chi connectivity index (χ3n) is 1.77. The van der Waals surface area contributed by atoms with E-state index in [4.69, 9.17) is 5.21 Å². The second kappa shape index (κ2) is 3.54. The van der Waals surface area contributed by atoms with E-state index in [1.165, 1.54) is 13.1 Å². The molecular weight excluding hydrogens is 157 g/mol. The molecule has 0 radical (unpaired) electrons. The standard InChI is InChI=1S/C9H12FNO/c1-3-7-4-5-8(10)9(6-7)11(2)12/h4-6,12H,3H2,1-2H3. The Morgan fingerprint density at radius 3 is 2.67 bits per heavy atom. The minimum absolute atomic E-state index is 0.217. The van der Waals surface area contributed by atoms with Crippen LogP contribution in [-0.4, -0.2) is 12.3 Å². The molecule has 1 rings (SSSR count). The Labute approximate surface area is 71.2 Å². The zero-order valence-electron chi connectivity index (χ0n) is 7.21. The number of nitrogens with zero attached hydrogens (tertiary/aromatic N) is 1. The molecule has 0 saturated heterocycles. The van der Waals surface area contributed by atoms with Crippen LogP contribution in [0.2, 0.25) is 0 Å². The van der Waals surface area contributed by atoms with Crippen molar-refractivity contribution in [3.05, 3.63) is 29.6 Å². The SMILES string of the molecule is CCc1ccc(F)c(N(C)O)c1. The van der Waals surface area contributed by atoms with Crippen molar-refractivity contribution < 1.29 is 9.60 Å². The van der Waals surface area contributed by atoms with Crippen LogP contribution in [0, 0.1) is 5.82 Å². The van der Waals surface area contributed by atoms with Gasteiger partial charge in [0.15, 0.2) is 0 Å². The molecule has 12 heavy (non-hydrogen) atoms. The van der Waals surface area contributed by atoms with Gasteiger partial charge >= 0.3 is 0 Å². The van der Waals surface area contributed by atoms with E-state index in [2.05, 4.69) is 0 Å². The maximum Gasteiger partial charge on any atom is 0.148 e. The normalized spacial score (nSPS) is 10.0. The summed E-state index contributed by atoms with van der Waals surface area (Å²) in [5.41, 5.74) is 1.22. The minimum atomic E-state index is -0.405. The summed E-state index contributed by atoms with van der Waals surface area (Å²) in [6.07, 6.45) is 0.834. The maximum atomic E-state index is 13.0. The highest BCUT2D eigenvalue weighted by Crippen LogP contribution is 2.18. The van der Waals surface area contributed by atoms with Gasteiger partial charge in [-0.1, -0.05) is 13.0 Å². The monoisotopic (exact) mass is 169 g/mol. The van der Waals surface area contributed by atoms with Crippen molar-refractivity contribution in [3.63, 3.8) is 0 Å². The molecule has 2 nitrogen and oxygen atoms in total. The summed E-state index contributed by atoms with van der Waals surface area (Å²) in [5.74, 6) is -0.405. The van der Waals surface area contributed by atoms with Gasteiger partial charge in [-0.25, -0.2) is 4.39 Å². The number of hydroxylamine groups is 1. The van der Waals surface area contributed by atoms with E-state index in [9.17, 15) is 4.39 Å². The van der Waals surface area contributed by atoms with Gasteiger partial charge in [0.2, 0.25) is 0 Å². The Kier molecular flexibility index (Phi) is 2.65. The average Bonchev–Trinajstić information content (AvgIpc) is 2.05. The smallest absolute Gasteiger partial charge is 0.148 e. The fourth-order valence-electron chi connectivity index (χ4n) is 1.03. The summed E-state index contributed by atoms with van der Waals surface area (Å²) in [6, 6.07) is 4.71. The first kappa shape index (κ1) is 9.00. The molecule has 0 bridgehead atoms. The number of hydrogen-bond acceptors (Lipinski definition) is 2. The molecule has 0 aliphatic heterocycles. The third kappa shape index (κ3) is 1.74. The summed E-state index contributed by atoms with van der Waals surface area (Å²) in [6.45, 7) is 1.98. The summed E-state index contributed by atoms with van der Waals surface area (Å²) in [5, 5.41) is 9.80. The highest BCUT2D eigenvalue weighted by Gasteiger charge is 2.05. The lowest BCUT2D eigenvalue weighted by Gasteiger charge is -2.12. The van der Waals surface area contributed by atoms with Crippen molar-refractivity contribution in [1.82, 2.24) is 0 Å². The molecule has 0 atom stereocenters. The first-order valence-corrected chi connectivity index (χ1v) is 3.86. The topological polar surface area (TPSA) is 23.5 Å². The number of anilines is 1. The Balaban J connectivity index is 3.08. The second-order valence-corrected chi connectivity index (χ2v) is 2.66. The maximum absolute atomic E-state index is 13.0. The second-order valence-electron chi connectivity index (χ2n) is 2.66. The number of rotatable bonds is 2. The van der Waals surface area contributed by atoms with E-state index in [-0.39, 0.29) is 5.69 Å². The Hall–Kier alpha value is -1.09. The van der Waals surface area contributed by atoms with Gasteiger partial charge in [-0.2, -0.15) is 0 Å². The van der Waals surface area contributed by atoms with Gasteiger partial charge < -0.3 is 0 Å². The van der Waals surface area contributed by atoms with Crippen molar-refractivity contribution in [1.29, 1.82) is 0 Å². The summed E-state index contributed by atoms with van der Waals surface area (Å²) >= 11 is 0. The van der Waals surface area contributed by atoms with Crippen LogP contribution in [0.3, 0.4) is 0 Å². The van der Waals surface area contributed by atoms with Crippen LogP contribution in [0.5, 0.6) is 0 Å². The van der Waals surface area contributed by atoms with Gasteiger partial charge in [0.25, 0.3) is 0 Å². The molecule has 0 aliphatic carbocycles. The number of benzene rings is 1. The molecule has 0 fully saturated rings. The van der Waals surface area contributed by atoms with Crippen LogP contribution in [0.4, 0.5) is 10.1 Å². The van der Waals surface area contributed by atoms with Crippen LogP contribution >= 0.6 is 0 Å². The van der Waals surface area contributed by atoms with Gasteiger partial charge in [-0.3, -0.25) is 10.3 Å². The van der Waals surface area contributed by atoms with Crippen molar-refractivity contribution >= 4 is 5.69 Å². The lowest BCUT2D eigenvalue weighted by atomic mass is 10.1. The molecule has 1 aromatic rings. The zero-order chi connectivity index (χ0) is 9.14. The molecule has 0 unspecified atom stereocenters. The predicted molar refractivity (Wildman–Crippen MR) is 46.0 cm³/mol. The van der Waals surface area contributed by atoms with Crippen LogP contribution in [-0.2, 0) is 6.42 Å². The molecule has 0 saturated carbocycles. The Morgan fingerprint density at radius 2 is 2.17 bits per heavy atom. The van der Waals surface area contributed by atoms with Gasteiger partial charge in [-0.15, -0.1) is 0 Å². The molecule has 66 valence electrons. The lowest BCUT2D eigenvalue weighted by molar-refractivity contribution is 0.275. The van der Waals surface area contributed by atoms with E-state index in [1.807, 2.05) is 6.92 Å². The first-order valence-electron chi connectivity index (χ1n) is 3.86. The van der Waals surface area contributed by atoms with Crippen LogP contribution in [0.15, 0.2) is 18.2 Å². The molecule has 0 aliphatic rings. The molecule has 0 amide bonds. The average molecular weight is 169 g/mol. The van der Waals surface area contributed by atoms with Crippen LogP contribution in [0.25, 0.3) is 0 Å². The highest BCUT2D eigenvalue weighted by molar-refractivity contribution is 5.46. The van der Waals surface area contributed by atoms with Crippen LogP contribution in [0.1, 0.15) is 12.5 Å². The molecule has 0 heterocycles. The van der Waals surface area contributed by atoms with Gasteiger partial charge in [-0.05, 0) is 24.1 Å². The van der Waals surface area contributed by atoms with E-state index in [0.717, 1.165) is 17.0 Å². The fourth-order valence-corrected chi connectivity index (χ4v) is 1.03. The quantitative estimate of drug-likeness (QED) is 0.686. The summed E-state index contributed by atoms with van der Waals surface area (Å²) in [7, 11) is 1.40. The zero-order valence-corrected chi connectivity index (χ0v) is 7.21. The molecule has 1 N–H and O–H groups in total. The minimum Gasteiger partial charge on any atom is -0.289 e. The van der Waals surface area contributed by atoms with E-state index in [0.29, 0.717) is 0 Å². The third-order valence-corrected chi connectivity index (χ3v) is 1.77. The first-order chi connectivity index (χ1) is 5.65. The number of aryl methyl sites for hydroxylation is 1. The molecule has 3 heteroatoms. The van der Waals surface area contributed by atoms with Gasteiger partial charge in [0.05, 0.1) is 5.69 Å². The van der Waals surface area contributed by atoms with Gasteiger partial charge in [0.1, 0.15) is 5.82 Å². The van der Waals surface area contributed by atoms with E-state index >= 15 is 0 Å². The predicted octanol–water partition coefficient (Wildman–Crippen LogP) is 2.21. The van der Waals surface area contributed by atoms with Crippen LogP contribution < -0.4 is 5.06 Å². The van der Waals surface area contributed by atoms with E-state index < -0.39 is 5.82 Å². The van der Waals surface area contributed by atoms with Gasteiger partial charge in [0, 0.05) is 7.05 Å². The Bertz CT molecular complexity index is 273. The summed E-state index contributed by atoms with van der Waals surface area (Å²) in [4.78, 5) is 0. The van der Waals surface area contributed by atoms with E-state index in [1.54, 1.807) is 12.1 Å². The molecule has 1 aromatic carbocycles. The number of hydrogen-bond donors (Lipinski definition) is 1. The largest absolute Gasteiger partial charge is 0.289 e. The molecule has 0 spiro atoms. The lowest BCUT2D eigenvalue weighted by Crippen LogP contribution is -2.11. The summed E-state index contributed by atoms with van der Waals surface area (Å²) < 4.78 is 13.0. The highest BCUT2D eigenvalue weighted by atomic mass is 19.1. The fraction of sp³-hybridized carbons (Fsp3) is 0.333. The number of halogens is 1. The molecule has 0 aromatic heterocycles. The van der Waals surface area contributed by atoms with Crippen molar-refractivity contribution in [2.45, 2.75) is 13.3 Å². The van der Waals surface area contributed by atoms with Crippen molar-refractivity contribution in [2.75, 3.05) is 12.1 Å². The molecular formula is C9H12FNO. The Morgan fingerprint density at radius 1 is 1.50 bits per heavy atom. The van der Waals surface area contributed by atoms with Crippen molar-refractivity contribution in [2.24, 2.45) is 0 Å². The van der Waals surface area contributed by atoms with Crippen molar-refractivity contribution in [3.8, 4) is 0 Å².